The second kappa shape index (κ2) is 9.12. The summed E-state index contributed by atoms with van der Waals surface area (Å²) < 4.78 is 27.7. The Balaban J connectivity index is 1.75. The summed E-state index contributed by atoms with van der Waals surface area (Å²) in [6.07, 6.45) is 2.67. The van der Waals surface area contributed by atoms with Gasteiger partial charge in [0.15, 0.2) is 0 Å². The summed E-state index contributed by atoms with van der Waals surface area (Å²) in [6, 6.07) is 11.7. The molecule has 0 aliphatic rings. The minimum absolute atomic E-state index is 0.00805. The second-order valence-corrected chi connectivity index (χ2v) is 7.64. The molecule has 33 heavy (non-hydrogen) atoms. The zero-order valence-corrected chi connectivity index (χ0v) is 17.8. The van der Waals surface area contributed by atoms with E-state index in [1.54, 1.807) is 24.4 Å². The van der Waals surface area contributed by atoms with Gasteiger partial charge in [0.05, 0.1) is 18.4 Å². The van der Waals surface area contributed by atoms with Gasteiger partial charge in [-0.1, -0.05) is 18.7 Å². The van der Waals surface area contributed by atoms with E-state index >= 15 is 0 Å². The molecule has 3 aromatic heterocycles. The van der Waals surface area contributed by atoms with Gasteiger partial charge in [-0.3, -0.25) is 19.1 Å². The predicted octanol–water partition coefficient (Wildman–Crippen LogP) is 4.08. The Bertz CT molecular complexity index is 1410. The average Bonchev–Trinajstić information content (AvgIpc) is 2.81. The first-order chi connectivity index (χ1) is 15.8. The molecule has 1 amide bonds. The zero-order valence-electron chi connectivity index (χ0n) is 17.8. The van der Waals surface area contributed by atoms with E-state index in [0.29, 0.717) is 22.3 Å². The van der Waals surface area contributed by atoms with Gasteiger partial charge in [-0.05, 0) is 60.0 Å². The van der Waals surface area contributed by atoms with Crippen molar-refractivity contribution >= 4 is 22.5 Å². The number of rotatable bonds is 6. The van der Waals surface area contributed by atoms with Crippen LogP contribution >= 0.6 is 0 Å². The molecule has 6 nitrogen and oxygen atoms in total. The van der Waals surface area contributed by atoms with E-state index in [0.717, 1.165) is 17.3 Å². The number of nitrogens with one attached hydrogen (secondary N) is 1. The van der Waals surface area contributed by atoms with Crippen molar-refractivity contribution in [3.63, 3.8) is 0 Å². The van der Waals surface area contributed by atoms with E-state index in [1.807, 2.05) is 6.92 Å². The quantitative estimate of drug-likeness (QED) is 0.484. The first kappa shape index (κ1) is 22.0. The maximum absolute atomic E-state index is 13.3. The molecular formula is C25H20F2N4O2. The van der Waals surface area contributed by atoms with Crippen LogP contribution in [0.1, 0.15) is 34.1 Å². The Labute approximate surface area is 188 Å². The SMILES string of the molecule is C=C(C)c1cnc2c(c1)cc(C(=O)NCc1ccc(F)cc1)c(=O)n2Cc1ccc(F)cn1. The molecule has 4 rings (SSSR count). The van der Waals surface area contributed by atoms with Crippen LogP contribution in [0.4, 0.5) is 8.78 Å². The Hall–Kier alpha value is -4.20. The van der Waals surface area contributed by atoms with Gasteiger partial charge in [0.2, 0.25) is 0 Å². The lowest BCUT2D eigenvalue weighted by atomic mass is 10.1. The van der Waals surface area contributed by atoms with Crippen molar-refractivity contribution in [2.75, 3.05) is 0 Å². The molecule has 0 bridgehead atoms. The van der Waals surface area contributed by atoms with Crippen LogP contribution in [0, 0.1) is 11.6 Å². The lowest BCUT2D eigenvalue weighted by Crippen LogP contribution is -2.33. The van der Waals surface area contributed by atoms with E-state index in [4.69, 9.17) is 0 Å². The van der Waals surface area contributed by atoms with Gasteiger partial charge < -0.3 is 5.32 Å². The van der Waals surface area contributed by atoms with Crippen LogP contribution in [0.15, 0.2) is 72.3 Å². The van der Waals surface area contributed by atoms with Gasteiger partial charge in [-0.2, -0.15) is 0 Å². The van der Waals surface area contributed by atoms with Crippen molar-refractivity contribution in [2.24, 2.45) is 0 Å². The van der Waals surface area contributed by atoms with Crippen molar-refractivity contribution in [1.29, 1.82) is 0 Å². The Morgan fingerprint density at radius 3 is 2.42 bits per heavy atom. The van der Waals surface area contributed by atoms with Gasteiger partial charge in [0.1, 0.15) is 22.8 Å². The maximum atomic E-state index is 13.3. The zero-order chi connectivity index (χ0) is 23.5. The molecule has 0 fully saturated rings. The normalized spacial score (nSPS) is 10.9. The summed E-state index contributed by atoms with van der Waals surface area (Å²) in [5.41, 5.74) is 2.41. The highest BCUT2D eigenvalue weighted by molar-refractivity contribution is 5.97. The van der Waals surface area contributed by atoms with E-state index < -0.39 is 17.3 Å². The van der Waals surface area contributed by atoms with Crippen molar-refractivity contribution in [3.8, 4) is 0 Å². The van der Waals surface area contributed by atoms with E-state index in [1.165, 1.54) is 34.9 Å². The fourth-order valence-electron chi connectivity index (χ4n) is 3.35. The predicted molar refractivity (Wildman–Crippen MR) is 122 cm³/mol. The summed E-state index contributed by atoms with van der Waals surface area (Å²) in [5, 5.41) is 3.27. The van der Waals surface area contributed by atoms with Crippen molar-refractivity contribution in [2.45, 2.75) is 20.0 Å². The Morgan fingerprint density at radius 2 is 1.76 bits per heavy atom. The molecule has 3 heterocycles. The number of fused-ring (bicyclic) bond motifs is 1. The summed E-state index contributed by atoms with van der Waals surface area (Å²) >= 11 is 0. The average molecular weight is 446 g/mol. The minimum atomic E-state index is -0.576. The highest BCUT2D eigenvalue weighted by Gasteiger charge is 2.17. The minimum Gasteiger partial charge on any atom is -0.348 e. The smallest absolute Gasteiger partial charge is 0.265 e. The van der Waals surface area contributed by atoms with Crippen LogP contribution in [-0.2, 0) is 13.1 Å². The lowest BCUT2D eigenvalue weighted by molar-refractivity contribution is 0.0949. The van der Waals surface area contributed by atoms with Crippen LogP contribution in [0.2, 0.25) is 0 Å². The van der Waals surface area contributed by atoms with E-state index in [-0.39, 0.29) is 24.5 Å². The molecule has 0 radical (unpaired) electrons. The van der Waals surface area contributed by atoms with Crippen LogP contribution in [0.3, 0.4) is 0 Å². The van der Waals surface area contributed by atoms with Gasteiger partial charge in [-0.25, -0.2) is 13.8 Å². The molecule has 0 unspecified atom stereocenters. The third-order valence-electron chi connectivity index (χ3n) is 5.14. The molecule has 0 atom stereocenters. The van der Waals surface area contributed by atoms with Crippen molar-refractivity contribution < 1.29 is 13.6 Å². The number of aromatic nitrogens is 3. The number of nitrogens with zero attached hydrogens (tertiary/aromatic N) is 3. The first-order valence-electron chi connectivity index (χ1n) is 10.1. The third kappa shape index (κ3) is 4.85. The molecule has 0 spiro atoms. The number of pyridine rings is 3. The number of benzene rings is 1. The number of amides is 1. The molecule has 1 aromatic carbocycles. The molecule has 0 saturated carbocycles. The highest BCUT2D eigenvalue weighted by atomic mass is 19.1. The number of carbonyl (C=O) groups excluding carboxylic acids is 1. The number of carbonyl (C=O) groups is 1. The molecule has 4 aromatic rings. The number of halogens is 2. The molecular weight excluding hydrogens is 426 g/mol. The summed E-state index contributed by atoms with van der Waals surface area (Å²) in [5.74, 6) is -1.44. The molecule has 1 N–H and O–H groups in total. The first-order valence-corrected chi connectivity index (χ1v) is 10.1. The van der Waals surface area contributed by atoms with Crippen molar-refractivity contribution in [3.05, 3.63) is 112 Å². The van der Waals surface area contributed by atoms with E-state index in [9.17, 15) is 18.4 Å². The summed E-state index contributed by atoms with van der Waals surface area (Å²) in [7, 11) is 0. The van der Waals surface area contributed by atoms with Crippen LogP contribution in [0.25, 0.3) is 16.6 Å². The molecule has 8 heteroatoms. The highest BCUT2D eigenvalue weighted by Crippen LogP contribution is 2.19. The van der Waals surface area contributed by atoms with Crippen molar-refractivity contribution in [1.82, 2.24) is 19.9 Å². The third-order valence-corrected chi connectivity index (χ3v) is 5.14. The Kier molecular flexibility index (Phi) is 6.08. The number of allylic oxidation sites excluding steroid dienone is 1. The fraction of sp³-hybridized carbons (Fsp3) is 0.120. The summed E-state index contributed by atoms with van der Waals surface area (Å²) in [6.45, 7) is 5.88. The Morgan fingerprint density at radius 1 is 1.03 bits per heavy atom. The second-order valence-electron chi connectivity index (χ2n) is 7.64. The fourth-order valence-corrected chi connectivity index (χ4v) is 3.35. The number of hydrogen-bond donors (Lipinski definition) is 1. The molecule has 0 aliphatic heterocycles. The van der Waals surface area contributed by atoms with Gasteiger partial charge >= 0.3 is 0 Å². The largest absolute Gasteiger partial charge is 0.348 e. The maximum Gasteiger partial charge on any atom is 0.265 e. The molecule has 0 aliphatic carbocycles. The topological polar surface area (TPSA) is 76.9 Å². The van der Waals surface area contributed by atoms with Gasteiger partial charge in [0.25, 0.3) is 11.5 Å². The molecule has 166 valence electrons. The van der Waals surface area contributed by atoms with Gasteiger partial charge in [0, 0.05) is 18.1 Å². The van der Waals surface area contributed by atoms with Crippen LogP contribution in [0.5, 0.6) is 0 Å². The number of hydrogen-bond acceptors (Lipinski definition) is 4. The van der Waals surface area contributed by atoms with Crippen LogP contribution < -0.4 is 10.9 Å². The lowest BCUT2D eigenvalue weighted by Gasteiger charge is -2.13. The van der Waals surface area contributed by atoms with E-state index in [2.05, 4.69) is 21.9 Å². The van der Waals surface area contributed by atoms with Gasteiger partial charge in [-0.15, -0.1) is 0 Å². The van der Waals surface area contributed by atoms with Crippen LogP contribution in [-0.4, -0.2) is 20.4 Å². The molecule has 0 saturated heterocycles. The standard InChI is InChI=1S/C25H20F2N4O2/c1-15(2)18-9-17-10-22(24(32)30-11-16-3-5-19(26)6-4-16)25(33)31(23(17)29-12-18)14-21-8-7-20(27)13-28-21/h3-10,12-13H,1,11,14H2,2H3,(H,30,32). The monoisotopic (exact) mass is 446 g/mol. The summed E-state index contributed by atoms with van der Waals surface area (Å²) in [4.78, 5) is 34.6.